The third-order valence-corrected chi connectivity index (χ3v) is 8.13. The zero-order valence-electron chi connectivity index (χ0n) is 18.9. The van der Waals surface area contributed by atoms with Gasteiger partial charge in [0.15, 0.2) is 5.82 Å². The molecule has 7 nitrogen and oxygen atoms in total. The lowest BCUT2D eigenvalue weighted by Crippen LogP contribution is -2.13. The van der Waals surface area contributed by atoms with Crippen LogP contribution in [0.3, 0.4) is 0 Å². The number of rotatable bonds is 6. The Balaban J connectivity index is 1.68. The summed E-state index contributed by atoms with van der Waals surface area (Å²) in [5.41, 5.74) is 2.11. The molecule has 0 aliphatic carbocycles. The molecule has 0 fully saturated rings. The van der Waals surface area contributed by atoms with E-state index in [4.69, 9.17) is 4.74 Å². The van der Waals surface area contributed by atoms with Gasteiger partial charge in [-0.1, -0.05) is 42.5 Å². The molecule has 0 aliphatic heterocycles. The third kappa shape index (κ3) is 4.08. The van der Waals surface area contributed by atoms with E-state index in [1.54, 1.807) is 35.9 Å². The van der Waals surface area contributed by atoms with Gasteiger partial charge in [-0.15, -0.1) is 21.5 Å². The van der Waals surface area contributed by atoms with Crippen LogP contribution in [0.25, 0.3) is 27.2 Å². The summed E-state index contributed by atoms with van der Waals surface area (Å²) in [5.74, 6) is 0.925. The first-order valence-electron chi connectivity index (χ1n) is 10.6. The maximum Gasteiger partial charge on any atom is 0.254 e. The Hall–Kier alpha value is -3.56. The summed E-state index contributed by atoms with van der Waals surface area (Å²) in [6.45, 7) is 3.81. The predicted octanol–water partition coefficient (Wildman–Crippen LogP) is 5.14. The van der Waals surface area contributed by atoms with Crippen molar-refractivity contribution in [2.75, 3.05) is 7.11 Å². The molecule has 0 aliphatic rings. The van der Waals surface area contributed by atoms with Crippen LogP contribution in [-0.4, -0.2) is 35.3 Å². The zero-order chi connectivity index (χ0) is 23.9. The minimum Gasteiger partial charge on any atom is -0.497 e. The van der Waals surface area contributed by atoms with Crippen LogP contribution in [0, 0.1) is 13.8 Å². The van der Waals surface area contributed by atoms with Crippen LogP contribution in [0.15, 0.2) is 71.9 Å². The van der Waals surface area contributed by atoms with Crippen LogP contribution in [-0.2, 0) is 15.6 Å². The van der Waals surface area contributed by atoms with E-state index in [0.29, 0.717) is 22.8 Å². The Bertz CT molecular complexity index is 1600. The third-order valence-electron chi connectivity index (χ3n) is 5.53. The first-order valence-corrected chi connectivity index (χ1v) is 13.1. The Morgan fingerprint density at radius 1 is 0.941 bits per heavy atom. The molecule has 5 aromatic rings. The summed E-state index contributed by atoms with van der Waals surface area (Å²) in [6, 6.07) is 20.7. The second-order valence-corrected chi connectivity index (χ2v) is 11.0. The smallest absolute Gasteiger partial charge is 0.254 e. The van der Waals surface area contributed by atoms with Gasteiger partial charge < -0.3 is 4.74 Å². The first-order chi connectivity index (χ1) is 16.4. The van der Waals surface area contributed by atoms with E-state index in [-0.39, 0.29) is 10.9 Å². The van der Waals surface area contributed by atoms with Crippen molar-refractivity contribution >= 4 is 31.9 Å². The molecule has 3 aromatic carbocycles. The van der Waals surface area contributed by atoms with E-state index >= 15 is 0 Å². The second-order valence-electron chi connectivity index (χ2n) is 7.93. The minimum absolute atomic E-state index is 0.0981. The van der Waals surface area contributed by atoms with Crippen molar-refractivity contribution in [3.05, 3.63) is 83.0 Å². The molecule has 0 saturated heterocycles. The van der Waals surface area contributed by atoms with Gasteiger partial charge in [0, 0.05) is 0 Å². The van der Waals surface area contributed by atoms with E-state index in [1.807, 2.05) is 56.3 Å². The van der Waals surface area contributed by atoms with Crippen molar-refractivity contribution in [2.24, 2.45) is 0 Å². The summed E-state index contributed by atoms with van der Waals surface area (Å²) in [7, 11) is -2.25. The molecule has 0 radical (unpaired) electrons. The van der Waals surface area contributed by atoms with Crippen molar-refractivity contribution < 1.29 is 13.2 Å². The molecule has 172 valence electrons. The van der Waals surface area contributed by atoms with Gasteiger partial charge in [0.1, 0.15) is 5.75 Å². The van der Waals surface area contributed by atoms with Crippen molar-refractivity contribution in [3.63, 3.8) is 0 Å². The number of thiazole rings is 1. The van der Waals surface area contributed by atoms with E-state index in [9.17, 15) is 8.42 Å². The lowest BCUT2D eigenvalue weighted by molar-refractivity contribution is 0.414. The van der Waals surface area contributed by atoms with Gasteiger partial charge in [-0.05, 0) is 54.4 Å². The van der Waals surface area contributed by atoms with Gasteiger partial charge in [0.25, 0.3) is 5.16 Å². The summed E-state index contributed by atoms with van der Waals surface area (Å²) in [5, 5.41) is 11.4. The minimum atomic E-state index is -3.83. The molecule has 0 atom stereocenters. The van der Waals surface area contributed by atoms with Crippen LogP contribution >= 0.6 is 11.3 Å². The molecule has 9 heteroatoms. The fourth-order valence-corrected chi connectivity index (χ4v) is 6.20. The molecular formula is C25H22N4O3S2. The number of nitrogens with zero attached hydrogens (tertiary/aromatic N) is 4. The number of hydrogen-bond donors (Lipinski definition) is 0. The summed E-state index contributed by atoms with van der Waals surface area (Å²) < 4.78 is 34.0. The maximum atomic E-state index is 13.6. The monoisotopic (exact) mass is 490 g/mol. The number of aromatic nitrogens is 4. The standard InChI is InChI=1S/C25H22N4O3S2/c1-16-23(33-17(2)26-16)24-27-28-25(34(30,31)15-18-8-12-22(32-3)13-9-18)29(24)21-11-10-19-6-4-5-7-20(19)14-21/h4-14H,15H2,1-3H3. The topological polar surface area (TPSA) is 87.0 Å². The number of benzene rings is 3. The van der Waals surface area contributed by atoms with Crippen molar-refractivity contribution in [1.82, 2.24) is 19.7 Å². The van der Waals surface area contributed by atoms with Crippen LogP contribution in [0.1, 0.15) is 16.3 Å². The average molecular weight is 491 g/mol. The second kappa shape index (κ2) is 8.66. The lowest BCUT2D eigenvalue weighted by atomic mass is 10.1. The number of hydrogen-bond acceptors (Lipinski definition) is 7. The highest BCUT2D eigenvalue weighted by Crippen LogP contribution is 2.33. The molecule has 0 amide bonds. The van der Waals surface area contributed by atoms with E-state index in [1.165, 1.54) is 11.3 Å². The lowest BCUT2D eigenvalue weighted by Gasteiger charge is -2.12. The molecule has 0 spiro atoms. The van der Waals surface area contributed by atoms with E-state index < -0.39 is 9.84 Å². The van der Waals surface area contributed by atoms with Crippen LogP contribution in [0.4, 0.5) is 0 Å². The van der Waals surface area contributed by atoms with E-state index in [2.05, 4.69) is 15.2 Å². The van der Waals surface area contributed by atoms with Crippen molar-refractivity contribution in [2.45, 2.75) is 24.8 Å². The highest BCUT2D eigenvalue weighted by Gasteiger charge is 2.28. The van der Waals surface area contributed by atoms with Gasteiger partial charge in [0.2, 0.25) is 9.84 Å². The molecule has 0 bridgehead atoms. The van der Waals surface area contributed by atoms with Crippen molar-refractivity contribution in [1.29, 1.82) is 0 Å². The predicted molar refractivity (Wildman–Crippen MR) is 133 cm³/mol. The highest BCUT2D eigenvalue weighted by atomic mass is 32.2. The van der Waals surface area contributed by atoms with Gasteiger partial charge in [-0.25, -0.2) is 13.4 Å². The Labute approximate surface area is 201 Å². The average Bonchev–Trinajstić information content (AvgIpc) is 3.42. The maximum absolute atomic E-state index is 13.6. The van der Waals surface area contributed by atoms with Crippen molar-refractivity contribution in [3.8, 4) is 22.1 Å². The van der Waals surface area contributed by atoms with Crippen LogP contribution in [0.2, 0.25) is 0 Å². The van der Waals surface area contributed by atoms with Gasteiger partial charge in [-0.3, -0.25) is 4.57 Å². The Morgan fingerprint density at radius 2 is 1.68 bits per heavy atom. The SMILES string of the molecule is COc1ccc(CS(=O)(=O)c2nnc(-c3sc(C)nc3C)n2-c2ccc3ccccc3c2)cc1. The number of methoxy groups -OCH3 is 1. The molecule has 2 heterocycles. The fourth-order valence-electron chi connectivity index (χ4n) is 3.91. The summed E-state index contributed by atoms with van der Waals surface area (Å²) in [6.07, 6.45) is 0. The fraction of sp³-hybridized carbons (Fsp3) is 0.160. The largest absolute Gasteiger partial charge is 0.497 e. The number of ether oxygens (including phenoxy) is 1. The van der Waals surface area contributed by atoms with Crippen LogP contribution in [0.5, 0.6) is 5.75 Å². The number of fused-ring (bicyclic) bond motifs is 1. The first kappa shape index (κ1) is 22.2. The van der Waals surface area contributed by atoms with Gasteiger partial charge in [-0.2, -0.15) is 0 Å². The molecule has 0 N–H and O–H groups in total. The Morgan fingerprint density at radius 3 is 2.35 bits per heavy atom. The Kier molecular flexibility index (Phi) is 5.66. The molecule has 5 rings (SSSR count). The molecule has 0 saturated carbocycles. The zero-order valence-corrected chi connectivity index (χ0v) is 20.5. The van der Waals surface area contributed by atoms with Gasteiger partial charge >= 0.3 is 0 Å². The summed E-state index contributed by atoms with van der Waals surface area (Å²) in [4.78, 5) is 5.30. The number of aryl methyl sites for hydroxylation is 2. The molecule has 2 aromatic heterocycles. The summed E-state index contributed by atoms with van der Waals surface area (Å²) >= 11 is 1.47. The van der Waals surface area contributed by atoms with Crippen LogP contribution < -0.4 is 4.74 Å². The van der Waals surface area contributed by atoms with Gasteiger partial charge in [0.05, 0.1) is 34.1 Å². The molecular weight excluding hydrogens is 468 g/mol. The highest BCUT2D eigenvalue weighted by molar-refractivity contribution is 7.90. The number of sulfone groups is 1. The molecule has 0 unspecified atom stereocenters. The normalized spacial score (nSPS) is 11.7. The van der Waals surface area contributed by atoms with E-state index in [0.717, 1.165) is 26.4 Å². The molecule has 34 heavy (non-hydrogen) atoms. The quantitative estimate of drug-likeness (QED) is 0.327.